The van der Waals surface area contributed by atoms with Gasteiger partial charge in [-0.25, -0.2) is 8.78 Å². The molecule has 0 saturated heterocycles. The van der Waals surface area contributed by atoms with Gasteiger partial charge in [-0.15, -0.1) is 11.6 Å². The summed E-state index contributed by atoms with van der Waals surface area (Å²) in [6.45, 7) is 0. The first-order valence-electron chi connectivity index (χ1n) is 4.06. The van der Waals surface area contributed by atoms with Crippen LogP contribution in [0.2, 0.25) is 0 Å². The molecule has 0 fully saturated rings. The fourth-order valence-corrected chi connectivity index (χ4v) is 1.82. The molecular weight excluding hydrogens is 380 g/mol. The van der Waals surface area contributed by atoms with E-state index >= 15 is 0 Å². The van der Waals surface area contributed by atoms with E-state index in [1.807, 2.05) is 0 Å². The lowest BCUT2D eigenvalue weighted by molar-refractivity contribution is -0.345. The first-order valence-corrected chi connectivity index (χ1v) is 5.26. The Morgan fingerprint density at radius 1 is 0.750 bits per heavy atom. The largest absolute Gasteiger partial charge is 0.434 e. The maximum atomic E-state index is 13.4. The van der Waals surface area contributed by atoms with Crippen LogP contribution < -0.4 is 0 Å². The molecule has 0 rings (SSSR count). The van der Waals surface area contributed by atoms with Crippen LogP contribution in [0.5, 0.6) is 0 Å². The summed E-state index contributed by atoms with van der Waals surface area (Å²) in [4.78, 5) is 0. The molecule has 0 saturated carbocycles. The third-order valence-electron chi connectivity index (χ3n) is 1.96. The van der Waals surface area contributed by atoms with E-state index in [0.29, 0.717) is 0 Å². The Labute approximate surface area is 119 Å². The van der Waals surface area contributed by atoms with Crippen molar-refractivity contribution >= 4 is 34.8 Å². The van der Waals surface area contributed by atoms with Crippen LogP contribution in [0.3, 0.4) is 0 Å². The minimum atomic E-state index is -6.80. The van der Waals surface area contributed by atoms with Gasteiger partial charge in [0.1, 0.15) is 5.38 Å². The number of hydrogen-bond donors (Lipinski definition) is 0. The predicted octanol–water partition coefficient (Wildman–Crippen LogP) is 5.68. The van der Waals surface area contributed by atoms with Crippen molar-refractivity contribution in [1.29, 1.82) is 0 Å². The van der Waals surface area contributed by atoms with E-state index in [-0.39, 0.29) is 0 Å². The van der Waals surface area contributed by atoms with Crippen molar-refractivity contribution in [3.8, 4) is 0 Å². The average molecular weight is 381 g/mol. The van der Waals surface area contributed by atoms with Crippen LogP contribution in [0.1, 0.15) is 0 Å². The Hall–Kier alpha value is -0.0900. The molecule has 0 aromatic heterocycles. The van der Waals surface area contributed by atoms with Gasteiger partial charge in [0.15, 0.2) is 10.2 Å². The second kappa shape index (κ2) is 5.60. The topological polar surface area (TPSA) is 0 Å². The number of hydrogen-bond acceptors (Lipinski definition) is 0. The zero-order chi connectivity index (χ0) is 16.7. The molecule has 0 spiro atoms. The predicted molar refractivity (Wildman–Crippen MR) is 50.4 cm³/mol. The number of alkyl halides is 10. The lowest BCUT2D eigenvalue weighted by atomic mass is 9.96. The van der Waals surface area contributed by atoms with Crippen LogP contribution in [-0.4, -0.2) is 27.7 Å². The first kappa shape index (κ1) is 19.9. The fraction of sp³-hybridized carbons (Fsp3) is 0.714. The summed E-state index contributed by atoms with van der Waals surface area (Å²) in [5.41, 5.74) is -6.45. The molecule has 0 aliphatic carbocycles. The molecule has 0 heterocycles. The summed E-state index contributed by atoms with van der Waals surface area (Å²) >= 11 is 13.6. The van der Waals surface area contributed by atoms with Gasteiger partial charge in [-0.2, -0.15) is 35.1 Å². The molecule has 120 valence electrons. The standard InChI is InChI=1S/C7HCl3F10/c8-2(1(11)3(12)13)4(9,10)5(14,6(15,16)17)7(18,19)20/h2H. The monoisotopic (exact) mass is 380 g/mol. The van der Waals surface area contributed by atoms with Gasteiger partial charge in [0, 0.05) is 0 Å². The van der Waals surface area contributed by atoms with Crippen LogP contribution in [-0.2, 0) is 0 Å². The smallest absolute Gasteiger partial charge is 0.220 e. The van der Waals surface area contributed by atoms with Crippen LogP contribution in [0.15, 0.2) is 11.9 Å². The van der Waals surface area contributed by atoms with Gasteiger partial charge in [-0.05, 0) is 0 Å². The third-order valence-corrected chi connectivity index (χ3v) is 3.66. The zero-order valence-electron chi connectivity index (χ0n) is 8.49. The summed E-state index contributed by atoms with van der Waals surface area (Å²) in [5.74, 6) is -3.02. The highest BCUT2D eigenvalue weighted by Gasteiger charge is 2.83. The van der Waals surface area contributed by atoms with Gasteiger partial charge >= 0.3 is 24.1 Å². The highest BCUT2D eigenvalue weighted by Crippen LogP contribution is 2.59. The van der Waals surface area contributed by atoms with Crippen molar-refractivity contribution in [3.05, 3.63) is 11.9 Å². The molecule has 0 aromatic rings. The van der Waals surface area contributed by atoms with Gasteiger partial charge < -0.3 is 0 Å². The van der Waals surface area contributed by atoms with E-state index in [9.17, 15) is 43.9 Å². The highest BCUT2D eigenvalue weighted by atomic mass is 35.5. The van der Waals surface area contributed by atoms with Gasteiger partial charge in [-0.1, -0.05) is 23.2 Å². The van der Waals surface area contributed by atoms with Crippen molar-refractivity contribution in [2.75, 3.05) is 0 Å². The third kappa shape index (κ3) is 3.06. The molecule has 0 radical (unpaired) electrons. The SMILES string of the molecule is FC(F)=C(F)C(Cl)C(Cl)(Cl)C(F)(C(F)(F)F)C(F)(F)F. The van der Waals surface area contributed by atoms with Crippen molar-refractivity contribution < 1.29 is 43.9 Å². The molecule has 0 aliphatic heterocycles. The van der Waals surface area contributed by atoms with Gasteiger partial charge in [0.2, 0.25) is 0 Å². The molecule has 1 atom stereocenters. The summed E-state index contributed by atoms with van der Waals surface area (Å²) in [6.07, 6.45) is -17.0. The minimum Gasteiger partial charge on any atom is -0.220 e. The summed E-state index contributed by atoms with van der Waals surface area (Å²) in [6, 6.07) is 0. The van der Waals surface area contributed by atoms with E-state index in [1.165, 1.54) is 0 Å². The molecule has 0 bridgehead atoms. The number of allylic oxidation sites excluding steroid dienone is 1. The molecular formula is C7HCl3F10. The molecule has 1 unspecified atom stereocenters. The van der Waals surface area contributed by atoms with Gasteiger partial charge in [-0.3, -0.25) is 0 Å². The average Bonchev–Trinajstić information content (AvgIpc) is 2.22. The van der Waals surface area contributed by atoms with Crippen LogP contribution in [0.25, 0.3) is 0 Å². The van der Waals surface area contributed by atoms with E-state index < -0.39 is 39.6 Å². The van der Waals surface area contributed by atoms with Gasteiger partial charge in [0.05, 0.1) is 0 Å². The van der Waals surface area contributed by atoms with E-state index in [0.717, 1.165) is 0 Å². The van der Waals surface area contributed by atoms with E-state index in [1.54, 1.807) is 0 Å². The van der Waals surface area contributed by atoms with Crippen molar-refractivity contribution in [2.24, 2.45) is 0 Å². The molecule has 0 aromatic carbocycles. The van der Waals surface area contributed by atoms with Crippen molar-refractivity contribution in [3.63, 3.8) is 0 Å². The second-order valence-electron chi connectivity index (χ2n) is 3.25. The molecule has 0 N–H and O–H groups in total. The fourth-order valence-electron chi connectivity index (χ4n) is 0.968. The van der Waals surface area contributed by atoms with Crippen LogP contribution >= 0.6 is 34.8 Å². The molecule has 20 heavy (non-hydrogen) atoms. The van der Waals surface area contributed by atoms with Crippen LogP contribution in [0, 0.1) is 0 Å². The molecule has 0 nitrogen and oxygen atoms in total. The van der Waals surface area contributed by atoms with E-state index in [4.69, 9.17) is 0 Å². The normalized spacial score (nSPS) is 16.1. The minimum absolute atomic E-state index is 3.02. The Bertz CT molecular complexity index is 377. The number of rotatable bonds is 3. The Morgan fingerprint density at radius 2 is 1.05 bits per heavy atom. The van der Waals surface area contributed by atoms with Crippen molar-refractivity contribution in [2.45, 2.75) is 27.7 Å². The first-order chi connectivity index (χ1) is 8.51. The van der Waals surface area contributed by atoms with Gasteiger partial charge in [0.25, 0.3) is 0 Å². The Morgan fingerprint density at radius 3 is 1.25 bits per heavy atom. The van der Waals surface area contributed by atoms with Crippen LogP contribution in [0.4, 0.5) is 43.9 Å². The summed E-state index contributed by atoms with van der Waals surface area (Å²) in [7, 11) is 0. The molecule has 0 amide bonds. The molecule has 13 heteroatoms. The summed E-state index contributed by atoms with van der Waals surface area (Å²) in [5, 5.41) is -3.65. The maximum Gasteiger partial charge on any atom is 0.434 e. The van der Waals surface area contributed by atoms with Crippen molar-refractivity contribution in [1.82, 2.24) is 0 Å². The number of halogens is 13. The maximum absolute atomic E-state index is 13.4. The summed E-state index contributed by atoms with van der Waals surface area (Å²) < 4.78 is 118. The highest BCUT2D eigenvalue weighted by molar-refractivity contribution is 6.53. The Kier molecular flexibility index (Phi) is 5.58. The second-order valence-corrected chi connectivity index (χ2v) is 5.07. The van der Waals surface area contributed by atoms with E-state index in [2.05, 4.69) is 34.8 Å². The quantitative estimate of drug-likeness (QED) is 0.436. The lowest BCUT2D eigenvalue weighted by Crippen LogP contribution is -2.66. The lowest BCUT2D eigenvalue weighted by Gasteiger charge is -2.40. The molecule has 0 aliphatic rings. The zero-order valence-corrected chi connectivity index (χ0v) is 10.8. The Balaban J connectivity index is 6.16.